The zero-order valence-electron chi connectivity index (χ0n) is 25.7. The summed E-state index contributed by atoms with van der Waals surface area (Å²) in [6.45, 7) is 6.48. The van der Waals surface area contributed by atoms with E-state index in [9.17, 15) is 9.50 Å². The molecule has 4 aromatic rings. The van der Waals surface area contributed by atoms with E-state index in [1.807, 2.05) is 0 Å². The lowest BCUT2D eigenvalue weighted by Crippen LogP contribution is -2.51. The van der Waals surface area contributed by atoms with Crippen molar-refractivity contribution in [3.8, 4) is 22.9 Å². The maximum absolute atomic E-state index is 16.9. The molecule has 4 aliphatic heterocycles. The summed E-state index contributed by atoms with van der Waals surface area (Å²) in [5.41, 5.74) is -0.275. The SMILES string of the molecule is Oc1cc(-c2c(Cl)cc3c(N4CC5CCC(C4)N5)nc(OCC4(CN5C[C@H]6COC[C@@H]6C5)CC4)nc3c2F)c2c(F)c(F)ccc2c1. The Kier molecular flexibility index (Phi) is 7.01. The van der Waals surface area contributed by atoms with Gasteiger partial charge in [0.1, 0.15) is 17.1 Å². The van der Waals surface area contributed by atoms with Crippen LogP contribution >= 0.6 is 11.6 Å². The minimum atomic E-state index is -1.15. The van der Waals surface area contributed by atoms with Gasteiger partial charge in [-0.1, -0.05) is 17.7 Å². The number of nitrogens with zero attached hydrogens (tertiary/aromatic N) is 4. The van der Waals surface area contributed by atoms with E-state index in [1.165, 1.54) is 18.2 Å². The zero-order valence-corrected chi connectivity index (χ0v) is 26.5. The third kappa shape index (κ3) is 5.17. The topological polar surface area (TPSA) is 83.0 Å². The standard InChI is InChI=1S/C35H35ClF3N5O3/c36-26-9-25-32(31(39)29(26)24-8-23(45)7-18-1-4-27(37)30(38)28(18)24)41-34(42-33(25)44-12-21-2-3-22(13-44)40-21)47-17-35(5-6-35)16-43-10-19-14-46-15-20(19)11-43/h1,4,7-9,19-22,40,45H,2-3,5-6,10-17H2/t19-,20-,21?,22?/m0/s1. The van der Waals surface area contributed by atoms with Gasteiger partial charge in [0.05, 0.1) is 24.8 Å². The first kappa shape index (κ1) is 29.7. The Morgan fingerprint density at radius 2 is 1.72 bits per heavy atom. The number of hydrogen-bond acceptors (Lipinski definition) is 8. The second kappa shape index (κ2) is 11.1. The van der Waals surface area contributed by atoms with Crippen molar-refractivity contribution in [1.82, 2.24) is 20.2 Å². The molecular formula is C35H35ClF3N5O3. The molecule has 246 valence electrons. The van der Waals surface area contributed by atoms with Crippen LogP contribution in [0.4, 0.5) is 19.0 Å². The van der Waals surface area contributed by atoms with Crippen molar-refractivity contribution in [3.63, 3.8) is 0 Å². The number of benzene rings is 3. The number of piperazine rings is 1. The Balaban J connectivity index is 1.12. The average Bonchev–Trinajstić information content (AvgIpc) is 3.29. The van der Waals surface area contributed by atoms with E-state index in [-0.39, 0.29) is 49.6 Å². The molecule has 1 aromatic heterocycles. The largest absolute Gasteiger partial charge is 0.508 e. The van der Waals surface area contributed by atoms with Crippen LogP contribution < -0.4 is 15.0 Å². The molecule has 2 bridgehead atoms. The number of aromatic nitrogens is 2. The first-order chi connectivity index (χ1) is 22.7. The zero-order chi connectivity index (χ0) is 32.0. The van der Waals surface area contributed by atoms with Crippen LogP contribution in [0.2, 0.25) is 5.02 Å². The van der Waals surface area contributed by atoms with Gasteiger partial charge in [-0.05, 0) is 55.3 Å². The van der Waals surface area contributed by atoms with Gasteiger partial charge in [0, 0.05) is 84.0 Å². The number of nitrogens with one attached hydrogen (secondary N) is 1. The molecule has 2 unspecified atom stereocenters. The Labute approximate surface area is 274 Å². The fourth-order valence-electron chi connectivity index (χ4n) is 8.39. The van der Waals surface area contributed by atoms with Crippen molar-refractivity contribution in [3.05, 3.63) is 52.8 Å². The Morgan fingerprint density at radius 3 is 2.45 bits per heavy atom. The second-order valence-corrected chi connectivity index (χ2v) is 14.7. The molecule has 0 spiro atoms. The Hall–Kier alpha value is -3.38. The Morgan fingerprint density at radius 1 is 0.979 bits per heavy atom. The lowest BCUT2D eigenvalue weighted by molar-refractivity contribution is 0.131. The molecule has 9 rings (SSSR count). The van der Waals surface area contributed by atoms with Crippen molar-refractivity contribution in [1.29, 1.82) is 0 Å². The highest BCUT2D eigenvalue weighted by Gasteiger charge is 2.48. The summed E-state index contributed by atoms with van der Waals surface area (Å²) in [5, 5.41) is 14.5. The van der Waals surface area contributed by atoms with E-state index in [0.717, 1.165) is 64.6 Å². The van der Waals surface area contributed by atoms with Gasteiger partial charge in [0.15, 0.2) is 17.5 Å². The fraction of sp³-hybridized carbons (Fsp3) is 0.486. The minimum Gasteiger partial charge on any atom is -0.508 e. The third-order valence-electron chi connectivity index (χ3n) is 11.0. The highest BCUT2D eigenvalue weighted by Crippen LogP contribution is 2.48. The number of anilines is 1. The predicted octanol–water partition coefficient (Wildman–Crippen LogP) is 5.90. The van der Waals surface area contributed by atoms with E-state index in [1.54, 1.807) is 6.07 Å². The molecule has 3 aromatic carbocycles. The number of rotatable bonds is 7. The molecule has 4 saturated heterocycles. The van der Waals surface area contributed by atoms with Gasteiger partial charge in [0.2, 0.25) is 0 Å². The minimum absolute atomic E-state index is 0.00207. The molecule has 5 fully saturated rings. The molecule has 2 N–H and O–H groups in total. The summed E-state index contributed by atoms with van der Waals surface area (Å²) in [7, 11) is 0. The number of halogens is 4. The number of aromatic hydroxyl groups is 1. The first-order valence-corrected chi connectivity index (χ1v) is 16.9. The second-order valence-electron chi connectivity index (χ2n) is 14.3. The van der Waals surface area contributed by atoms with E-state index in [4.69, 9.17) is 26.1 Å². The summed E-state index contributed by atoms with van der Waals surface area (Å²) in [6, 6.07) is 7.05. The number of hydrogen-bond donors (Lipinski definition) is 2. The van der Waals surface area contributed by atoms with Crippen molar-refractivity contribution in [2.24, 2.45) is 17.3 Å². The van der Waals surface area contributed by atoms with E-state index in [0.29, 0.717) is 54.8 Å². The normalized spacial score (nSPS) is 26.4. The van der Waals surface area contributed by atoms with Crippen LogP contribution in [-0.4, -0.2) is 84.6 Å². The quantitative estimate of drug-likeness (QED) is 0.253. The van der Waals surface area contributed by atoms with Crippen LogP contribution in [0.15, 0.2) is 30.3 Å². The number of ether oxygens (including phenoxy) is 2. The van der Waals surface area contributed by atoms with Crippen molar-refractivity contribution < 1.29 is 27.8 Å². The number of phenols is 1. The van der Waals surface area contributed by atoms with Gasteiger partial charge in [-0.25, -0.2) is 13.2 Å². The molecule has 5 aliphatic rings. The van der Waals surface area contributed by atoms with Crippen molar-refractivity contribution in [2.75, 3.05) is 57.4 Å². The fourth-order valence-corrected chi connectivity index (χ4v) is 8.68. The first-order valence-electron chi connectivity index (χ1n) is 16.5. The van der Waals surface area contributed by atoms with E-state index in [2.05, 4.69) is 20.1 Å². The van der Waals surface area contributed by atoms with Gasteiger partial charge in [-0.3, -0.25) is 0 Å². The lowest BCUT2D eigenvalue weighted by Gasteiger charge is -2.34. The maximum Gasteiger partial charge on any atom is 0.319 e. The molecule has 0 amide bonds. The van der Waals surface area contributed by atoms with Crippen molar-refractivity contribution in [2.45, 2.75) is 37.8 Å². The summed E-state index contributed by atoms with van der Waals surface area (Å²) in [5.74, 6) is -1.56. The molecule has 8 nitrogen and oxygen atoms in total. The number of phenolic OH excluding ortho intramolecular Hbond substituents is 1. The molecule has 0 radical (unpaired) electrons. The van der Waals surface area contributed by atoms with Crippen LogP contribution in [0.3, 0.4) is 0 Å². The summed E-state index contributed by atoms with van der Waals surface area (Å²) < 4.78 is 58.6. The van der Waals surface area contributed by atoms with Gasteiger partial charge < -0.3 is 29.7 Å². The predicted molar refractivity (Wildman–Crippen MR) is 173 cm³/mol. The van der Waals surface area contributed by atoms with E-state index >= 15 is 8.78 Å². The smallest absolute Gasteiger partial charge is 0.319 e. The molecule has 1 aliphatic carbocycles. The average molecular weight is 666 g/mol. The van der Waals surface area contributed by atoms with Crippen LogP contribution in [0.1, 0.15) is 25.7 Å². The molecule has 12 heteroatoms. The molecule has 5 heterocycles. The molecule has 1 saturated carbocycles. The Bertz CT molecular complexity index is 1900. The maximum atomic E-state index is 16.9. The summed E-state index contributed by atoms with van der Waals surface area (Å²) in [6.07, 6.45) is 4.17. The highest BCUT2D eigenvalue weighted by molar-refractivity contribution is 6.35. The monoisotopic (exact) mass is 665 g/mol. The molecule has 4 atom stereocenters. The summed E-state index contributed by atoms with van der Waals surface area (Å²) in [4.78, 5) is 14.1. The summed E-state index contributed by atoms with van der Waals surface area (Å²) >= 11 is 6.79. The van der Waals surface area contributed by atoms with Gasteiger partial charge in [-0.15, -0.1) is 0 Å². The number of likely N-dealkylation sites (tertiary alicyclic amines) is 1. The molecule has 47 heavy (non-hydrogen) atoms. The van der Waals surface area contributed by atoms with Gasteiger partial charge >= 0.3 is 6.01 Å². The van der Waals surface area contributed by atoms with Crippen LogP contribution in [-0.2, 0) is 4.74 Å². The van der Waals surface area contributed by atoms with Crippen LogP contribution in [0, 0.1) is 34.7 Å². The van der Waals surface area contributed by atoms with Crippen LogP contribution in [0.5, 0.6) is 11.8 Å². The molecular weight excluding hydrogens is 631 g/mol. The number of fused-ring (bicyclic) bond motifs is 5. The third-order valence-corrected chi connectivity index (χ3v) is 11.3. The van der Waals surface area contributed by atoms with Crippen molar-refractivity contribution >= 4 is 39.1 Å². The lowest BCUT2D eigenvalue weighted by atomic mass is 9.95. The van der Waals surface area contributed by atoms with Gasteiger partial charge in [-0.2, -0.15) is 9.97 Å². The van der Waals surface area contributed by atoms with Gasteiger partial charge in [0.25, 0.3) is 0 Å². The van der Waals surface area contributed by atoms with Crippen LogP contribution in [0.25, 0.3) is 32.8 Å². The van der Waals surface area contributed by atoms with E-state index < -0.39 is 17.5 Å². The highest BCUT2D eigenvalue weighted by atomic mass is 35.5.